The molecule has 0 spiro atoms. The number of para-hydroxylation sites is 2. The zero-order valence-corrected chi connectivity index (χ0v) is 71.4. The maximum absolute atomic E-state index is 5.60. The van der Waals surface area contributed by atoms with Crippen LogP contribution in [0.3, 0.4) is 0 Å². The number of hydrogen-bond donors (Lipinski definition) is 0. The van der Waals surface area contributed by atoms with Crippen molar-refractivity contribution in [1.82, 2.24) is 49.8 Å². The summed E-state index contributed by atoms with van der Waals surface area (Å²) in [5, 5.41) is 13.3. The van der Waals surface area contributed by atoms with Crippen molar-refractivity contribution >= 4 is 97.7 Å². The molecular formula is C122H76N10. The number of rotatable bonds is 14. The van der Waals surface area contributed by atoms with Crippen molar-refractivity contribution in [2.75, 3.05) is 0 Å². The summed E-state index contributed by atoms with van der Waals surface area (Å²) in [5.74, 6) is 0. The molecule has 0 aliphatic rings. The average Bonchev–Trinajstić information content (AvgIpc) is 0.716. The molecule has 10 heteroatoms. The monoisotopic (exact) mass is 1680 g/mol. The maximum atomic E-state index is 5.60. The van der Waals surface area contributed by atoms with Crippen molar-refractivity contribution in [3.8, 4) is 157 Å². The third-order valence-corrected chi connectivity index (χ3v) is 25.6. The van der Waals surface area contributed by atoms with Crippen LogP contribution in [0, 0.1) is 0 Å². The van der Waals surface area contributed by atoms with Gasteiger partial charge in [-0.05, 0) is 207 Å². The summed E-state index contributed by atoms with van der Waals surface area (Å²) in [6.45, 7) is 0. The fourth-order valence-corrected chi connectivity index (χ4v) is 19.1. The number of hydrogen-bond acceptors (Lipinski definition) is 10. The molecule has 614 valence electrons. The highest BCUT2D eigenvalue weighted by atomic mass is 14.8. The minimum atomic E-state index is 0.883. The number of aromatic nitrogens is 10. The summed E-state index contributed by atoms with van der Waals surface area (Å²) in [6.07, 6.45) is 14.6. The predicted molar refractivity (Wildman–Crippen MR) is 544 cm³/mol. The lowest BCUT2D eigenvalue weighted by atomic mass is 9.86. The van der Waals surface area contributed by atoms with Crippen LogP contribution in [-0.4, -0.2) is 49.8 Å². The SMILES string of the molecule is c1ccc(-c2c3ccccc3nc3c2ccc2ccc(-c4c5ccccc5c(-c5cc(-c6ccc(-c7ccncc7)cc6)nc(-c6ccc(-c7ccncc7)cc6)c5)c5ccccc45)nc23)cc1.c1ccc(-c2c3ccccc3nc3c2ccc2ccc(-c4ccc(-c5cc(-c6ccc(-c7ccncc7)cc6)nc(-c6ccc(-c7ccncc7)cc6)c5)c5ccccc45)nc23)cc1. The van der Waals surface area contributed by atoms with E-state index in [1.807, 2.05) is 98.1 Å². The Morgan fingerprint density at radius 3 is 0.795 bits per heavy atom. The summed E-state index contributed by atoms with van der Waals surface area (Å²) < 4.78 is 0. The van der Waals surface area contributed by atoms with Gasteiger partial charge in [0.1, 0.15) is 0 Å². The van der Waals surface area contributed by atoms with E-state index in [0.29, 0.717) is 0 Å². The lowest BCUT2D eigenvalue weighted by Crippen LogP contribution is -1.96. The fraction of sp³-hybridized carbons (Fsp3) is 0. The first kappa shape index (κ1) is 77.7. The highest BCUT2D eigenvalue weighted by Crippen LogP contribution is 2.48. The molecule has 10 nitrogen and oxygen atoms in total. The van der Waals surface area contributed by atoms with Gasteiger partial charge >= 0.3 is 0 Å². The number of nitrogens with zero attached hydrogens (tertiary/aromatic N) is 10. The average molecular weight is 1680 g/mol. The molecule has 25 aromatic rings. The van der Waals surface area contributed by atoms with Crippen molar-refractivity contribution < 1.29 is 0 Å². The van der Waals surface area contributed by atoms with Gasteiger partial charge in [-0.15, -0.1) is 0 Å². The van der Waals surface area contributed by atoms with Crippen LogP contribution >= 0.6 is 0 Å². The Labute approximate surface area is 761 Å². The number of fused-ring (bicyclic) bond motifs is 11. The van der Waals surface area contributed by atoms with Crippen molar-refractivity contribution in [3.05, 3.63) is 462 Å². The minimum Gasteiger partial charge on any atom is -0.265 e. The summed E-state index contributed by atoms with van der Waals surface area (Å²) in [7, 11) is 0. The molecule has 0 bridgehead atoms. The van der Waals surface area contributed by atoms with E-state index in [1.165, 1.54) is 11.1 Å². The van der Waals surface area contributed by atoms with Gasteiger partial charge in [-0.1, -0.05) is 315 Å². The lowest BCUT2D eigenvalue weighted by molar-refractivity contribution is 1.32. The van der Waals surface area contributed by atoms with Crippen LogP contribution in [0.5, 0.6) is 0 Å². The van der Waals surface area contributed by atoms with Crippen LogP contribution < -0.4 is 0 Å². The molecule has 25 rings (SSSR count). The molecule has 0 unspecified atom stereocenters. The summed E-state index contributed by atoms with van der Waals surface area (Å²) in [6, 6.07) is 146. The summed E-state index contributed by atoms with van der Waals surface area (Å²) in [4.78, 5) is 49.2. The molecule has 0 saturated carbocycles. The van der Waals surface area contributed by atoms with Crippen LogP contribution in [0.1, 0.15) is 0 Å². The first-order valence-corrected chi connectivity index (χ1v) is 44.3. The Balaban J connectivity index is 0.000000146. The standard InChI is InChI=1S/C63H39N5.C59H37N5/c1-2-10-46(11-3-1)59-53-16-8-9-17-55(53)67-63-54(59)28-26-47-27-29-56(68-62(47)63)61-51-14-6-4-12-49(51)60(50-13-5-7-15-52(50)61)48-38-57(44-22-18-40(19-23-44)42-30-34-64-35-31-42)66-58(39-48)45-24-20-41(21-25-45)43-32-36-65-37-33-43;1-2-8-44(9-3-1)57-51-12-6-7-13-53(51)64-59-52(57)24-22-45-23-27-54(63-58(45)59)50-26-25-47(48-10-4-5-11-49(48)50)46-36-55(42-18-14-38(15-19-42)40-28-32-60-33-29-40)62-56(37-46)43-20-16-39(17-21-43)41-30-34-61-35-31-41/h1-39H;1-37H. The Hall–Kier alpha value is -17.9. The van der Waals surface area contributed by atoms with Crippen LogP contribution in [-0.2, 0) is 0 Å². The highest BCUT2D eigenvalue weighted by molar-refractivity contribution is 6.23. The zero-order chi connectivity index (χ0) is 87.4. The Bertz CT molecular complexity index is 8500. The first-order chi connectivity index (χ1) is 65.4. The molecule has 0 aliphatic carbocycles. The van der Waals surface area contributed by atoms with Gasteiger partial charge in [0.25, 0.3) is 0 Å². The van der Waals surface area contributed by atoms with Gasteiger partial charge in [-0.25, -0.2) is 29.9 Å². The minimum absolute atomic E-state index is 0.883. The van der Waals surface area contributed by atoms with Gasteiger partial charge in [0, 0.05) is 126 Å². The molecule has 0 N–H and O–H groups in total. The Morgan fingerprint density at radius 1 is 0.129 bits per heavy atom. The van der Waals surface area contributed by atoms with E-state index in [-0.39, 0.29) is 0 Å². The molecule has 0 fully saturated rings. The topological polar surface area (TPSA) is 129 Å². The van der Waals surface area contributed by atoms with E-state index in [1.54, 1.807) is 0 Å². The summed E-state index contributed by atoms with van der Waals surface area (Å²) in [5.41, 5.74) is 35.3. The Kier molecular flexibility index (Phi) is 19.7. The van der Waals surface area contributed by atoms with Crippen molar-refractivity contribution in [2.24, 2.45) is 0 Å². The fourth-order valence-electron chi connectivity index (χ4n) is 19.1. The van der Waals surface area contributed by atoms with E-state index in [9.17, 15) is 0 Å². The molecule has 0 amide bonds. The Morgan fingerprint density at radius 2 is 0.409 bits per heavy atom. The van der Waals surface area contributed by atoms with E-state index >= 15 is 0 Å². The highest BCUT2D eigenvalue weighted by Gasteiger charge is 2.24. The van der Waals surface area contributed by atoms with E-state index < -0.39 is 0 Å². The molecule has 10 aromatic heterocycles. The number of benzene rings is 15. The molecule has 0 aliphatic heterocycles. The second kappa shape index (κ2) is 33.5. The largest absolute Gasteiger partial charge is 0.265 e. The van der Waals surface area contributed by atoms with Gasteiger partial charge in [0.15, 0.2) is 0 Å². The van der Waals surface area contributed by atoms with E-state index in [4.69, 9.17) is 29.9 Å². The van der Waals surface area contributed by atoms with Crippen molar-refractivity contribution in [1.29, 1.82) is 0 Å². The lowest BCUT2D eigenvalue weighted by Gasteiger charge is -2.19. The normalized spacial score (nSPS) is 11.5. The maximum Gasteiger partial charge on any atom is 0.0978 e. The third-order valence-electron chi connectivity index (χ3n) is 25.6. The zero-order valence-electron chi connectivity index (χ0n) is 71.4. The van der Waals surface area contributed by atoms with Crippen LogP contribution in [0.25, 0.3) is 254 Å². The van der Waals surface area contributed by atoms with Crippen molar-refractivity contribution in [3.63, 3.8) is 0 Å². The second-order valence-corrected chi connectivity index (χ2v) is 33.3. The molecule has 0 saturated heterocycles. The molecular weight excluding hydrogens is 1610 g/mol. The van der Waals surface area contributed by atoms with Gasteiger partial charge in [0.05, 0.1) is 67.3 Å². The van der Waals surface area contributed by atoms with Crippen LogP contribution in [0.15, 0.2) is 462 Å². The molecule has 10 heterocycles. The predicted octanol–water partition coefficient (Wildman–Crippen LogP) is 31.0. The molecule has 132 heavy (non-hydrogen) atoms. The first-order valence-electron chi connectivity index (χ1n) is 44.3. The van der Waals surface area contributed by atoms with Crippen LogP contribution in [0.2, 0.25) is 0 Å². The second-order valence-electron chi connectivity index (χ2n) is 33.3. The molecule has 0 atom stereocenters. The molecule has 15 aromatic carbocycles. The summed E-state index contributed by atoms with van der Waals surface area (Å²) >= 11 is 0. The van der Waals surface area contributed by atoms with Gasteiger partial charge in [-0.2, -0.15) is 0 Å². The van der Waals surface area contributed by atoms with E-state index in [2.05, 4.69) is 384 Å². The van der Waals surface area contributed by atoms with Gasteiger partial charge < -0.3 is 0 Å². The third kappa shape index (κ3) is 14.4. The van der Waals surface area contributed by atoms with Gasteiger partial charge in [-0.3, -0.25) is 19.9 Å². The van der Waals surface area contributed by atoms with Gasteiger partial charge in [0.2, 0.25) is 0 Å². The quantitative estimate of drug-likeness (QED) is 0.0766. The molecule has 0 radical (unpaired) electrons. The smallest absolute Gasteiger partial charge is 0.0978 e. The van der Waals surface area contributed by atoms with Crippen molar-refractivity contribution in [2.45, 2.75) is 0 Å². The van der Waals surface area contributed by atoms with Crippen LogP contribution in [0.4, 0.5) is 0 Å². The number of pyridine rings is 10. The van der Waals surface area contributed by atoms with E-state index in [0.717, 1.165) is 243 Å².